The smallest absolute Gasteiger partial charge is 0.332 e. The molecule has 3 aromatic rings. The predicted octanol–water partition coefficient (Wildman–Crippen LogP) is 2.13. The number of aryl methyl sites for hydroxylation is 2. The van der Waals surface area contributed by atoms with Crippen molar-refractivity contribution in [3.63, 3.8) is 0 Å². The summed E-state index contributed by atoms with van der Waals surface area (Å²) in [5, 5.41) is 3.70. The van der Waals surface area contributed by atoms with Gasteiger partial charge in [-0.25, -0.2) is 9.78 Å². The minimum Gasteiger partial charge on any atom is -0.349 e. The van der Waals surface area contributed by atoms with Crippen molar-refractivity contribution in [1.82, 2.24) is 24.0 Å². The highest BCUT2D eigenvalue weighted by molar-refractivity contribution is 6.30. The second kappa shape index (κ2) is 8.65. The maximum atomic E-state index is 12.4. The zero-order valence-electron chi connectivity index (χ0n) is 16.7. The van der Waals surface area contributed by atoms with Gasteiger partial charge in [-0.3, -0.25) is 18.7 Å². The Hall–Kier alpha value is -2.87. The van der Waals surface area contributed by atoms with Crippen molar-refractivity contribution >= 4 is 28.7 Å². The largest absolute Gasteiger partial charge is 0.349 e. The van der Waals surface area contributed by atoms with Gasteiger partial charge >= 0.3 is 5.69 Å². The van der Waals surface area contributed by atoms with Crippen LogP contribution in [0, 0.1) is 0 Å². The Morgan fingerprint density at radius 1 is 1.17 bits per heavy atom. The van der Waals surface area contributed by atoms with Gasteiger partial charge in [0.1, 0.15) is 0 Å². The van der Waals surface area contributed by atoms with Crippen LogP contribution in [0.15, 0.2) is 40.2 Å². The molecular formula is C20H24ClN5O3. The summed E-state index contributed by atoms with van der Waals surface area (Å²) in [5.74, 6) is -0.0588. The summed E-state index contributed by atoms with van der Waals surface area (Å²) in [7, 11) is 3.02. The van der Waals surface area contributed by atoms with Crippen LogP contribution in [-0.2, 0) is 25.4 Å². The van der Waals surface area contributed by atoms with Gasteiger partial charge in [-0.05, 0) is 30.5 Å². The number of benzene rings is 1. The number of nitrogens with zero attached hydrogens (tertiary/aromatic N) is 4. The Labute approximate surface area is 172 Å². The summed E-state index contributed by atoms with van der Waals surface area (Å²) >= 11 is 5.93. The van der Waals surface area contributed by atoms with E-state index >= 15 is 0 Å². The molecule has 0 fully saturated rings. The molecule has 2 aromatic heterocycles. The first-order chi connectivity index (χ1) is 13.8. The van der Waals surface area contributed by atoms with Crippen molar-refractivity contribution in [2.24, 2.45) is 14.1 Å². The Morgan fingerprint density at radius 3 is 2.52 bits per heavy atom. The number of imidazole rings is 1. The third-order valence-electron chi connectivity index (χ3n) is 5.04. The molecule has 0 radical (unpaired) electrons. The first-order valence-corrected chi connectivity index (χ1v) is 9.87. The molecule has 0 bridgehead atoms. The first-order valence-electron chi connectivity index (χ1n) is 9.49. The van der Waals surface area contributed by atoms with Gasteiger partial charge in [-0.15, -0.1) is 0 Å². The predicted molar refractivity (Wildman–Crippen MR) is 112 cm³/mol. The molecule has 2 heterocycles. The average molecular weight is 418 g/mol. The van der Waals surface area contributed by atoms with E-state index in [1.165, 1.54) is 17.9 Å². The van der Waals surface area contributed by atoms with Crippen LogP contribution in [0.1, 0.15) is 37.8 Å². The third kappa shape index (κ3) is 4.27. The van der Waals surface area contributed by atoms with E-state index in [2.05, 4.69) is 10.3 Å². The molecule has 1 atom stereocenters. The minimum atomic E-state index is -0.417. The lowest BCUT2D eigenvalue weighted by Crippen LogP contribution is -2.37. The molecule has 0 saturated carbocycles. The summed E-state index contributed by atoms with van der Waals surface area (Å²) in [6.07, 6.45) is 3.16. The van der Waals surface area contributed by atoms with E-state index in [0.717, 1.165) is 16.6 Å². The quantitative estimate of drug-likeness (QED) is 0.637. The summed E-state index contributed by atoms with van der Waals surface area (Å²) in [4.78, 5) is 41.0. The third-order valence-corrected chi connectivity index (χ3v) is 5.29. The van der Waals surface area contributed by atoms with Crippen LogP contribution in [0.4, 0.5) is 0 Å². The monoisotopic (exact) mass is 417 g/mol. The molecule has 29 heavy (non-hydrogen) atoms. The number of carbonyl (C=O) groups excluding carboxylic acids is 1. The number of hydrogen-bond acceptors (Lipinski definition) is 4. The zero-order valence-corrected chi connectivity index (χ0v) is 17.4. The van der Waals surface area contributed by atoms with E-state index < -0.39 is 5.69 Å². The summed E-state index contributed by atoms with van der Waals surface area (Å²) in [6, 6.07) is 7.37. The molecule has 154 valence electrons. The Balaban J connectivity index is 1.65. The van der Waals surface area contributed by atoms with Crippen LogP contribution in [0.5, 0.6) is 0 Å². The highest BCUT2D eigenvalue weighted by atomic mass is 35.5. The molecule has 0 aliphatic carbocycles. The van der Waals surface area contributed by atoms with E-state index in [1.54, 1.807) is 11.6 Å². The lowest BCUT2D eigenvalue weighted by molar-refractivity contribution is -0.122. The van der Waals surface area contributed by atoms with Crippen LogP contribution in [0.25, 0.3) is 11.2 Å². The van der Waals surface area contributed by atoms with Crippen molar-refractivity contribution in [2.75, 3.05) is 0 Å². The highest BCUT2D eigenvalue weighted by Crippen LogP contribution is 2.19. The van der Waals surface area contributed by atoms with E-state index in [4.69, 9.17) is 11.6 Å². The van der Waals surface area contributed by atoms with Crippen LogP contribution < -0.4 is 16.6 Å². The molecule has 0 aliphatic heterocycles. The van der Waals surface area contributed by atoms with E-state index in [0.29, 0.717) is 35.6 Å². The number of aromatic nitrogens is 4. The van der Waals surface area contributed by atoms with Crippen molar-refractivity contribution in [2.45, 2.75) is 38.8 Å². The van der Waals surface area contributed by atoms with E-state index in [1.807, 2.05) is 31.2 Å². The van der Waals surface area contributed by atoms with Gasteiger partial charge in [-0.2, -0.15) is 0 Å². The Kier molecular flexibility index (Phi) is 6.22. The number of hydrogen-bond donors (Lipinski definition) is 1. The molecule has 0 spiro atoms. The van der Waals surface area contributed by atoms with Gasteiger partial charge in [0.2, 0.25) is 5.91 Å². The Bertz CT molecular complexity index is 1140. The molecule has 0 saturated heterocycles. The molecule has 3 rings (SSSR count). The second-order valence-corrected chi connectivity index (χ2v) is 7.44. The van der Waals surface area contributed by atoms with Crippen LogP contribution >= 0.6 is 11.6 Å². The first kappa shape index (κ1) is 20.9. The molecule has 0 aliphatic rings. The number of fused-ring (bicyclic) bond motifs is 1. The summed E-state index contributed by atoms with van der Waals surface area (Å²) < 4.78 is 4.10. The fourth-order valence-electron chi connectivity index (χ4n) is 3.36. The summed E-state index contributed by atoms with van der Waals surface area (Å²) in [5.41, 5.74) is 0.910. The Morgan fingerprint density at radius 2 is 1.86 bits per heavy atom. The maximum Gasteiger partial charge on any atom is 0.332 e. The average Bonchev–Trinajstić information content (AvgIpc) is 3.13. The van der Waals surface area contributed by atoms with Crippen molar-refractivity contribution in [3.05, 3.63) is 62.0 Å². The van der Waals surface area contributed by atoms with E-state index in [-0.39, 0.29) is 17.5 Å². The number of nitrogens with one attached hydrogen (secondary N) is 1. The van der Waals surface area contributed by atoms with Crippen LogP contribution in [0.2, 0.25) is 5.02 Å². The molecule has 1 amide bonds. The lowest BCUT2D eigenvalue weighted by atomic mass is 10.0. The lowest BCUT2D eigenvalue weighted by Gasteiger charge is -2.17. The summed E-state index contributed by atoms with van der Waals surface area (Å²) in [6.45, 7) is 2.46. The van der Waals surface area contributed by atoms with Gasteiger partial charge in [-0.1, -0.05) is 30.7 Å². The fraction of sp³-hybridized carbons (Fsp3) is 0.400. The number of carbonyl (C=O) groups is 1. The molecule has 8 nitrogen and oxygen atoms in total. The van der Waals surface area contributed by atoms with Crippen LogP contribution in [0.3, 0.4) is 0 Å². The molecule has 9 heteroatoms. The van der Waals surface area contributed by atoms with Gasteiger partial charge in [0, 0.05) is 32.1 Å². The highest BCUT2D eigenvalue weighted by Gasteiger charge is 2.15. The second-order valence-electron chi connectivity index (χ2n) is 7.00. The molecule has 1 N–H and O–H groups in total. The van der Waals surface area contributed by atoms with E-state index in [9.17, 15) is 14.4 Å². The SMILES string of the molecule is CCC(NC(=O)CCCn1cnc2c1c(=O)n(C)c(=O)n2C)c1ccc(Cl)cc1. The normalized spacial score (nSPS) is 12.3. The standard InChI is InChI=1S/C20H24ClN5O3/c1-4-15(13-7-9-14(21)10-8-13)23-16(27)6-5-11-26-12-22-18-17(26)19(28)25(3)20(29)24(18)2/h7-10,12,15H,4-6,11H2,1-3H3,(H,23,27). The van der Waals surface area contributed by atoms with Crippen molar-refractivity contribution < 1.29 is 4.79 Å². The zero-order chi connectivity index (χ0) is 21.1. The molecule has 1 aromatic carbocycles. The number of halogens is 1. The molecular weight excluding hydrogens is 394 g/mol. The maximum absolute atomic E-state index is 12.4. The van der Waals surface area contributed by atoms with Gasteiger partial charge in [0.05, 0.1) is 12.4 Å². The molecule has 1 unspecified atom stereocenters. The van der Waals surface area contributed by atoms with Crippen LogP contribution in [-0.4, -0.2) is 24.6 Å². The topological polar surface area (TPSA) is 90.9 Å². The van der Waals surface area contributed by atoms with Gasteiger partial charge in [0.25, 0.3) is 5.56 Å². The number of amides is 1. The van der Waals surface area contributed by atoms with Crippen molar-refractivity contribution in [3.8, 4) is 0 Å². The minimum absolute atomic E-state index is 0.0588. The van der Waals surface area contributed by atoms with Crippen molar-refractivity contribution in [1.29, 1.82) is 0 Å². The van der Waals surface area contributed by atoms with Gasteiger partial charge in [0.15, 0.2) is 11.2 Å². The van der Waals surface area contributed by atoms with Gasteiger partial charge < -0.3 is 9.88 Å². The number of rotatable bonds is 7. The fourth-order valence-corrected chi connectivity index (χ4v) is 3.49.